The molecule has 2 aliphatic heterocycles. The van der Waals surface area contributed by atoms with Gasteiger partial charge in [-0.3, -0.25) is 0 Å². The van der Waals surface area contributed by atoms with Crippen LogP contribution in [0.1, 0.15) is 48.5 Å². The predicted molar refractivity (Wildman–Crippen MR) is 93.2 cm³/mol. The second-order valence-electron chi connectivity index (χ2n) is 8.29. The van der Waals surface area contributed by atoms with E-state index in [1.165, 1.54) is 18.8 Å². The third kappa shape index (κ3) is 3.95. The molecule has 0 bridgehead atoms. The third-order valence-corrected chi connectivity index (χ3v) is 6.25. The van der Waals surface area contributed by atoms with Crippen LogP contribution in [0.4, 0.5) is 0 Å². The molecule has 0 aliphatic carbocycles. The molecule has 2 atom stereocenters. The van der Waals surface area contributed by atoms with Crippen molar-refractivity contribution in [2.75, 3.05) is 31.9 Å². The molecule has 0 spiro atoms. The number of likely N-dealkylation sites (N-methyl/N-ethyl adjacent to an activating group) is 1. The van der Waals surface area contributed by atoms with Crippen LogP contribution in [0.5, 0.6) is 0 Å². The molecular formula is C17H34N2OS. The van der Waals surface area contributed by atoms with E-state index in [0.29, 0.717) is 16.7 Å². The Morgan fingerprint density at radius 2 is 1.81 bits per heavy atom. The first-order chi connectivity index (χ1) is 9.57. The van der Waals surface area contributed by atoms with Crippen molar-refractivity contribution < 1.29 is 4.74 Å². The van der Waals surface area contributed by atoms with Gasteiger partial charge in [-0.15, -0.1) is 0 Å². The van der Waals surface area contributed by atoms with Crippen LogP contribution in [0.3, 0.4) is 0 Å². The summed E-state index contributed by atoms with van der Waals surface area (Å²) in [4.78, 5) is 2.65. The van der Waals surface area contributed by atoms with E-state index in [2.05, 4.69) is 70.4 Å². The Labute approximate surface area is 135 Å². The lowest BCUT2D eigenvalue weighted by molar-refractivity contribution is -0.0796. The van der Waals surface area contributed by atoms with Gasteiger partial charge < -0.3 is 15.0 Å². The first-order valence-corrected chi connectivity index (χ1v) is 9.36. The molecule has 0 aromatic rings. The Bertz CT molecular complexity index is 368. The molecule has 0 radical (unpaired) electrons. The van der Waals surface area contributed by atoms with Crippen LogP contribution < -0.4 is 5.32 Å². The third-order valence-electron chi connectivity index (χ3n) is 4.95. The maximum Gasteiger partial charge on any atom is 0.0790 e. The van der Waals surface area contributed by atoms with Crippen molar-refractivity contribution in [3.63, 3.8) is 0 Å². The highest BCUT2D eigenvalue weighted by Crippen LogP contribution is 2.43. The highest BCUT2D eigenvalue weighted by Gasteiger charge is 2.53. The number of ether oxygens (including phenoxy) is 1. The van der Waals surface area contributed by atoms with Gasteiger partial charge in [0.25, 0.3) is 0 Å². The van der Waals surface area contributed by atoms with E-state index in [1.807, 2.05) is 0 Å². The number of nitrogens with zero attached hydrogens (tertiary/aromatic N) is 1. The Balaban J connectivity index is 2.11. The number of hydrogen-bond acceptors (Lipinski definition) is 4. The number of thioether (sulfide) groups is 1. The Kier molecular flexibility index (Phi) is 5.05. The van der Waals surface area contributed by atoms with Crippen LogP contribution in [0.2, 0.25) is 0 Å². The minimum Gasteiger partial charge on any atom is -0.368 e. The summed E-state index contributed by atoms with van der Waals surface area (Å²) in [7, 11) is 0. The Morgan fingerprint density at radius 1 is 1.14 bits per heavy atom. The monoisotopic (exact) mass is 314 g/mol. The lowest BCUT2D eigenvalue weighted by Gasteiger charge is -2.41. The zero-order chi connectivity index (χ0) is 15.9. The first-order valence-electron chi connectivity index (χ1n) is 8.37. The quantitative estimate of drug-likeness (QED) is 0.862. The predicted octanol–water partition coefficient (Wildman–Crippen LogP) is 3.00. The first kappa shape index (κ1) is 17.6. The van der Waals surface area contributed by atoms with Crippen molar-refractivity contribution in [3.8, 4) is 0 Å². The zero-order valence-electron chi connectivity index (χ0n) is 15.0. The van der Waals surface area contributed by atoms with Crippen molar-refractivity contribution in [3.05, 3.63) is 0 Å². The van der Waals surface area contributed by atoms with Crippen LogP contribution in [0.15, 0.2) is 0 Å². The fraction of sp³-hybridized carbons (Fsp3) is 1.00. The molecular weight excluding hydrogens is 280 g/mol. The summed E-state index contributed by atoms with van der Waals surface area (Å²) in [5.41, 5.74) is -0.157. The van der Waals surface area contributed by atoms with E-state index in [4.69, 9.17) is 4.74 Å². The normalized spacial score (nSPS) is 35.0. The van der Waals surface area contributed by atoms with Gasteiger partial charge in [0.05, 0.1) is 11.2 Å². The molecule has 2 unspecified atom stereocenters. The fourth-order valence-electron chi connectivity index (χ4n) is 4.18. The van der Waals surface area contributed by atoms with Crippen molar-refractivity contribution >= 4 is 11.8 Å². The fourth-order valence-corrected chi connectivity index (χ4v) is 5.36. The molecule has 0 amide bonds. The minimum absolute atomic E-state index is 0.0644. The Morgan fingerprint density at radius 3 is 2.38 bits per heavy atom. The molecule has 2 aliphatic rings. The van der Waals surface area contributed by atoms with Gasteiger partial charge in [0.2, 0.25) is 0 Å². The van der Waals surface area contributed by atoms with Gasteiger partial charge in [0.1, 0.15) is 0 Å². The van der Waals surface area contributed by atoms with E-state index < -0.39 is 0 Å². The van der Waals surface area contributed by atoms with Crippen molar-refractivity contribution in [2.45, 2.75) is 70.5 Å². The Hall–Kier alpha value is 0.230. The average Bonchev–Trinajstić information content (AvgIpc) is 2.46. The molecule has 2 rings (SSSR count). The molecule has 4 heteroatoms. The molecule has 21 heavy (non-hydrogen) atoms. The topological polar surface area (TPSA) is 24.5 Å². The molecule has 2 saturated heterocycles. The summed E-state index contributed by atoms with van der Waals surface area (Å²) in [5, 5.41) is 3.69. The number of hydrogen-bond donors (Lipinski definition) is 1. The summed E-state index contributed by atoms with van der Waals surface area (Å²) >= 11 is 2.10. The molecule has 3 nitrogen and oxygen atoms in total. The molecule has 1 N–H and O–H groups in total. The molecule has 2 heterocycles. The van der Waals surface area contributed by atoms with E-state index in [-0.39, 0.29) is 11.2 Å². The maximum atomic E-state index is 6.41. The van der Waals surface area contributed by atoms with E-state index in [0.717, 1.165) is 13.1 Å². The van der Waals surface area contributed by atoms with Gasteiger partial charge in [-0.1, -0.05) is 6.92 Å². The van der Waals surface area contributed by atoms with Gasteiger partial charge in [-0.25, -0.2) is 0 Å². The average molecular weight is 315 g/mol. The number of nitrogens with one attached hydrogen (secondary N) is 1. The SMILES string of the molecule is CCNC1C(CN2CCSC(C)(C)C2)C(C)(C)OC1(C)C. The highest BCUT2D eigenvalue weighted by atomic mass is 32.2. The molecule has 124 valence electrons. The van der Waals surface area contributed by atoms with Crippen molar-refractivity contribution in [1.82, 2.24) is 10.2 Å². The summed E-state index contributed by atoms with van der Waals surface area (Å²) in [6, 6.07) is 0.426. The van der Waals surface area contributed by atoms with Gasteiger partial charge in [-0.2, -0.15) is 11.8 Å². The zero-order valence-corrected chi connectivity index (χ0v) is 15.8. The van der Waals surface area contributed by atoms with E-state index in [1.54, 1.807) is 0 Å². The van der Waals surface area contributed by atoms with Crippen LogP contribution in [0, 0.1) is 5.92 Å². The van der Waals surface area contributed by atoms with Gasteiger partial charge in [-0.05, 0) is 48.1 Å². The smallest absolute Gasteiger partial charge is 0.0790 e. The minimum atomic E-state index is -0.0930. The summed E-state index contributed by atoms with van der Waals surface area (Å²) in [6.07, 6.45) is 0. The van der Waals surface area contributed by atoms with Crippen LogP contribution in [0.25, 0.3) is 0 Å². The highest BCUT2D eigenvalue weighted by molar-refractivity contribution is 8.00. The van der Waals surface area contributed by atoms with Gasteiger partial charge in [0.15, 0.2) is 0 Å². The lowest BCUT2D eigenvalue weighted by atomic mass is 9.82. The summed E-state index contributed by atoms with van der Waals surface area (Å²) in [5.74, 6) is 1.78. The maximum absolute atomic E-state index is 6.41. The van der Waals surface area contributed by atoms with Crippen LogP contribution in [-0.2, 0) is 4.74 Å². The second-order valence-corrected chi connectivity index (χ2v) is 10.1. The molecule has 0 aromatic heterocycles. The lowest BCUT2D eigenvalue weighted by Crippen LogP contribution is -2.53. The molecule has 2 fully saturated rings. The summed E-state index contributed by atoms with van der Waals surface area (Å²) < 4.78 is 6.79. The van der Waals surface area contributed by atoms with E-state index >= 15 is 0 Å². The van der Waals surface area contributed by atoms with Gasteiger partial charge in [0, 0.05) is 42.1 Å². The largest absolute Gasteiger partial charge is 0.368 e. The number of rotatable bonds is 4. The van der Waals surface area contributed by atoms with Crippen molar-refractivity contribution in [2.24, 2.45) is 5.92 Å². The molecule has 0 aromatic carbocycles. The van der Waals surface area contributed by atoms with Gasteiger partial charge >= 0.3 is 0 Å². The summed E-state index contributed by atoms with van der Waals surface area (Å²) in [6.45, 7) is 20.5. The van der Waals surface area contributed by atoms with Crippen molar-refractivity contribution in [1.29, 1.82) is 0 Å². The van der Waals surface area contributed by atoms with Crippen LogP contribution >= 0.6 is 11.8 Å². The van der Waals surface area contributed by atoms with E-state index in [9.17, 15) is 0 Å². The van der Waals surface area contributed by atoms with Crippen LogP contribution in [-0.4, -0.2) is 58.8 Å². The standard InChI is InChI=1S/C17H34N2OS/c1-8-18-14-13(16(4,5)20-17(14,6)7)11-19-9-10-21-15(2,3)12-19/h13-14,18H,8-12H2,1-7H3. The molecule has 0 saturated carbocycles. The second kappa shape index (κ2) is 6.03.